The number of hydrogen-bond donors (Lipinski definition) is 1. The Labute approximate surface area is 112 Å². The predicted octanol–water partition coefficient (Wildman–Crippen LogP) is 2.41. The number of ether oxygens (including phenoxy) is 1. The first-order valence-corrected chi connectivity index (χ1v) is 7.83. The zero-order valence-corrected chi connectivity index (χ0v) is 12.4. The Morgan fingerprint density at radius 1 is 1.28 bits per heavy atom. The summed E-state index contributed by atoms with van der Waals surface area (Å²) in [5.41, 5.74) is 0.340. The van der Waals surface area contributed by atoms with E-state index in [1.807, 2.05) is 0 Å². The number of nitrogens with zero attached hydrogens (tertiary/aromatic N) is 1. The molecule has 1 N–H and O–H groups in total. The molecule has 3 nitrogen and oxygen atoms in total. The summed E-state index contributed by atoms with van der Waals surface area (Å²) >= 11 is 0. The SMILES string of the molecule is CCCC1CNC(CC)(CC)CN1C1CCOC1. The lowest BCUT2D eigenvalue weighted by Crippen LogP contribution is -2.65. The first-order valence-electron chi connectivity index (χ1n) is 7.83. The molecule has 0 radical (unpaired) electrons. The Hall–Kier alpha value is -0.120. The van der Waals surface area contributed by atoms with Gasteiger partial charge >= 0.3 is 0 Å². The van der Waals surface area contributed by atoms with Gasteiger partial charge in [0.15, 0.2) is 0 Å². The van der Waals surface area contributed by atoms with E-state index >= 15 is 0 Å². The molecule has 3 heteroatoms. The molecule has 0 aromatic heterocycles. The molecule has 18 heavy (non-hydrogen) atoms. The molecule has 106 valence electrons. The average Bonchev–Trinajstić information content (AvgIpc) is 2.94. The number of rotatable bonds is 5. The second-order valence-electron chi connectivity index (χ2n) is 6.00. The van der Waals surface area contributed by atoms with Crippen molar-refractivity contribution in [2.75, 3.05) is 26.3 Å². The second kappa shape index (κ2) is 6.36. The topological polar surface area (TPSA) is 24.5 Å². The fraction of sp³-hybridized carbons (Fsp3) is 1.00. The van der Waals surface area contributed by atoms with E-state index < -0.39 is 0 Å². The van der Waals surface area contributed by atoms with Crippen LogP contribution in [0.1, 0.15) is 52.9 Å². The summed E-state index contributed by atoms with van der Waals surface area (Å²) in [6.45, 7) is 11.2. The molecule has 0 aliphatic carbocycles. The second-order valence-corrected chi connectivity index (χ2v) is 6.00. The molecule has 2 unspecified atom stereocenters. The van der Waals surface area contributed by atoms with Crippen molar-refractivity contribution >= 4 is 0 Å². The Kier molecular flexibility index (Phi) is 5.05. The zero-order valence-electron chi connectivity index (χ0n) is 12.4. The largest absolute Gasteiger partial charge is 0.380 e. The van der Waals surface area contributed by atoms with Gasteiger partial charge in [-0.1, -0.05) is 27.2 Å². The van der Waals surface area contributed by atoms with Gasteiger partial charge in [-0.3, -0.25) is 4.90 Å². The lowest BCUT2D eigenvalue weighted by Gasteiger charge is -2.49. The van der Waals surface area contributed by atoms with Crippen LogP contribution < -0.4 is 5.32 Å². The monoisotopic (exact) mass is 254 g/mol. The number of hydrogen-bond acceptors (Lipinski definition) is 3. The van der Waals surface area contributed by atoms with Crippen LogP contribution in [0.5, 0.6) is 0 Å². The molecule has 0 spiro atoms. The summed E-state index contributed by atoms with van der Waals surface area (Å²) in [5.74, 6) is 0. The van der Waals surface area contributed by atoms with Crippen LogP contribution in [0.4, 0.5) is 0 Å². The van der Waals surface area contributed by atoms with Gasteiger partial charge in [-0.2, -0.15) is 0 Å². The molecule has 2 fully saturated rings. The maximum atomic E-state index is 5.61. The maximum Gasteiger partial charge on any atom is 0.0622 e. The van der Waals surface area contributed by atoms with Crippen LogP contribution in [0.25, 0.3) is 0 Å². The van der Waals surface area contributed by atoms with E-state index in [-0.39, 0.29) is 0 Å². The maximum absolute atomic E-state index is 5.61. The highest BCUT2D eigenvalue weighted by Crippen LogP contribution is 2.28. The van der Waals surface area contributed by atoms with Crippen LogP contribution in [-0.4, -0.2) is 48.8 Å². The van der Waals surface area contributed by atoms with E-state index in [1.54, 1.807) is 0 Å². The van der Waals surface area contributed by atoms with Crippen molar-refractivity contribution in [2.45, 2.75) is 70.5 Å². The predicted molar refractivity (Wildman–Crippen MR) is 75.9 cm³/mol. The quantitative estimate of drug-likeness (QED) is 0.815. The normalized spacial score (nSPS) is 32.8. The molecule has 0 amide bonds. The Morgan fingerprint density at radius 2 is 2.06 bits per heavy atom. The minimum atomic E-state index is 0.340. The highest BCUT2D eigenvalue weighted by molar-refractivity contribution is 4.99. The van der Waals surface area contributed by atoms with Gasteiger partial charge in [0.2, 0.25) is 0 Å². The molecular weight excluding hydrogens is 224 g/mol. The first-order chi connectivity index (χ1) is 8.74. The molecule has 2 aliphatic heterocycles. The molecule has 0 bridgehead atoms. The van der Waals surface area contributed by atoms with Crippen molar-refractivity contribution in [3.63, 3.8) is 0 Å². The first kappa shape index (κ1) is 14.3. The van der Waals surface area contributed by atoms with Gasteiger partial charge in [-0.15, -0.1) is 0 Å². The number of piperazine rings is 1. The molecule has 2 atom stereocenters. The Bertz CT molecular complexity index is 247. The summed E-state index contributed by atoms with van der Waals surface area (Å²) in [6, 6.07) is 1.38. The van der Waals surface area contributed by atoms with Crippen LogP contribution in [0.15, 0.2) is 0 Å². The standard InChI is InChI=1S/C15H30N2O/c1-4-7-13-10-16-15(5-2,6-3)12-17(13)14-8-9-18-11-14/h13-14,16H,4-12H2,1-3H3. The average molecular weight is 254 g/mol. The van der Waals surface area contributed by atoms with Gasteiger partial charge < -0.3 is 10.1 Å². The van der Waals surface area contributed by atoms with E-state index in [9.17, 15) is 0 Å². The summed E-state index contributed by atoms with van der Waals surface area (Å²) < 4.78 is 5.61. The van der Waals surface area contributed by atoms with Crippen LogP contribution in [0, 0.1) is 0 Å². The fourth-order valence-corrected chi connectivity index (χ4v) is 3.52. The Balaban J connectivity index is 2.07. The zero-order chi connectivity index (χ0) is 13.0. The molecular formula is C15H30N2O. The summed E-state index contributed by atoms with van der Waals surface area (Å²) in [7, 11) is 0. The van der Waals surface area contributed by atoms with Crippen molar-refractivity contribution < 1.29 is 4.74 Å². The Morgan fingerprint density at radius 3 is 2.61 bits per heavy atom. The van der Waals surface area contributed by atoms with E-state index in [4.69, 9.17) is 4.74 Å². The van der Waals surface area contributed by atoms with Crippen molar-refractivity contribution in [3.8, 4) is 0 Å². The molecule has 2 heterocycles. The van der Waals surface area contributed by atoms with Crippen molar-refractivity contribution in [1.29, 1.82) is 0 Å². The van der Waals surface area contributed by atoms with Crippen molar-refractivity contribution in [3.05, 3.63) is 0 Å². The molecule has 2 rings (SSSR count). The van der Waals surface area contributed by atoms with Crippen LogP contribution in [-0.2, 0) is 4.74 Å². The van der Waals surface area contributed by atoms with E-state index in [0.717, 1.165) is 19.8 Å². The van der Waals surface area contributed by atoms with E-state index in [1.165, 1.54) is 38.6 Å². The third kappa shape index (κ3) is 2.89. The van der Waals surface area contributed by atoms with Crippen molar-refractivity contribution in [2.24, 2.45) is 0 Å². The minimum absolute atomic E-state index is 0.340. The molecule has 2 saturated heterocycles. The van der Waals surface area contributed by atoms with Gasteiger partial charge in [0, 0.05) is 37.3 Å². The summed E-state index contributed by atoms with van der Waals surface area (Å²) in [4.78, 5) is 2.76. The summed E-state index contributed by atoms with van der Waals surface area (Å²) in [5, 5.41) is 3.84. The van der Waals surface area contributed by atoms with E-state index in [2.05, 4.69) is 31.0 Å². The summed E-state index contributed by atoms with van der Waals surface area (Å²) in [6.07, 6.45) is 6.28. The van der Waals surface area contributed by atoms with Crippen LogP contribution in [0.2, 0.25) is 0 Å². The molecule has 0 aromatic carbocycles. The van der Waals surface area contributed by atoms with Gasteiger partial charge in [0.05, 0.1) is 6.61 Å². The molecule has 0 saturated carbocycles. The minimum Gasteiger partial charge on any atom is -0.380 e. The lowest BCUT2D eigenvalue weighted by molar-refractivity contribution is 0.0276. The molecule has 0 aromatic rings. The van der Waals surface area contributed by atoms with Gasteiger partial charge in [0.25, 0.3) is 0 Å². The molecule has 2 aliphatic rings. The lowest BCUT2D eigenvalue weighted by atomic mass is 9.86. The fourth-order valence-electron chi connectivity index (χ4n) is 3.52. The van der Waals surface area contributed by atoms with Gasteiger partial charge in [-0.25, -0.2) is 0 Å². The number of nitrogens with one attached hydrogen (secondary N) is 1. The smallest absolute Gasteiger partial charge is 0.0622 e. The van der Waals surface area contributed by atoms with Gasteiger partial charge in [0.1, 0.15) is 0 Å². The third-order valence-corrected chi connectivity index (χ3v) is 5.02. The van der Waals surface area contributed by atoms with Crippen LogP contribution in [0.3, 0.4) is 0 Å². The highest BCUT2D eigenvalue weighted by atomic mass is 16.5. The van der Waals surface area contributed by atoms with Crippen molar-refractivity contribution in [1.82, 2.24) is 10.2 Å². The third-order valence-electron chi connectivity index (χ3n) is 5.02. The van der Waals surface area contributed by atoms with Gasteiger partial charge in [-0.05, 0) is 25.7 Å². The van der Waals surface area contributed by atoms with E-state index in [0.29, 0.717) is 17.6 Å². The van der Waals surface area contributed by atoms with Crippen LogP contribution >= 0.6 is 0 Å². The highest BCUT2D eigenvalue weighted by Gasteiger charge is 2.40.